The van der Waals surface area contributed by atoms with E-state index in [1.165, 1.54) is 93.2 Å². The van der Waals surface area contributed by atoms with Crippen molar-refractivity contribution >= 4 is 11.4 Å². The minimum absolute atomic E-state index is 1.12. The Hall–Kier alpha value is -2.68. The fourth-order valence-electron chi connectivity index (χ4n) is 6.01. The van der Waals surface area contributed by atoms with Gasteiger partial charge >= 0.3 is 0 Å². The Kier molecular flexibility index (Phi) is 7.40. The molecule has 2 aromatic carbocycles. The lowest BCUT2D eigenvalue weighted by Crippen LogP contribution is -2.27. The zero-order valence-electron chi connectivity index (χ0n) is 22.4. The highest BCUT2D eigenvalue weighted by molar-refractivity contribution is 5.63. The van der Waals surface area contributed by atoms with E-state index in [0.717, 1.165) is 25.7 Å². The topological polar surface area (TPSA) is 27.3 Å². The molecule has 3 nitrogen and oxygen atoms in total. The minimum Gasteiger partial charge on any atom is -0.357 e. The van der Waals surface area contributed by atoms with Crippen LogP contribution in [0.4, 0.5) is 11.4 Å². The van der Waals surface area contributed by atoms with E-state index < -0.39 is 0 Å². The van der Waals surface area contributed by atoms with E-state index >= 15 is 0 Å². The minimum atomic E-state index is 1.12. The molecule has 0 saturated heterocycles. The van der Waals surface area contributed by atoms with Crippen molar-refractivity contribution in [3.63, 3.8) is 0 Å². The zero-order chi connectivity index (χ0) is 24.4. The molecule has 0 spiro atoms. The second-order valence-electron chi connectivity index (χ2n) is 10.6. The van der Waals surface area contributed by atoms with Crippen LogP contribution in [0.5, 0.6) is 0 Å². The molecule has 0 heterocycles. The predicted molar refractivity (Wildman–Crippen MR) is 147 cm³/mol. The summed E-state index contributed by atoms with van der Waals surface area (Å²) in [6, 6.07) is 9.17. The van der Waals surface area contributed by atoms with Crippen LogP contribution in [0.15, 0.2) is 47.1 Å². The van der Waals surface area contributed by atoms with Crippen LogP contribution < -0.4 is 10.6 Å². The Morgan fingerprint density at radius 2 is 0.853 bits per heavy atom. The van der Waals surface area contributed by atoms with Crippen LogP contribution in [0.2, 0.25) is 0 Å². The van der Waals surface area contributed by atoms with Gasteiger partial charge in [0.25, 0.3) is 0 Å². The van der Waals surface area contributed by atoms with Gasteiger partial charge in [-0.3, -0.25) is 0 Å². The van der Waals surface area contributed by atoms with E-state index in [2.05, 4.69) is 88.4 Å². The highest BCUT2D eigenvalue weighted by Gasteiger charge is 2.24. The van der Waals surface area contributed by atoms with Crippen LogP contribution in [0.25, 0.3) is 0 Å². The fraction of sp³-hybridized carbons (Fsp3) is 0.484. The summed E-state index contributed by atoms with van der Waals surface area (Å²) in [5.74, 6) is 0. The third kappa shape index (κ3) is 5.19. The second kappa shape index (κ2) is 10.3. The van der Waals surface area contributed by atoms with Crippen LogP contribution in [-0.4, -0.2) is 11.9 Å². The predicted octanol–water partition coefficient (Wildman–Crippen LogP) is 8.56. The van der Waals surface area contributed by atoms with E-state index in [0.29, 0.717) is 0 Å². The molecule has 2 N–H and O–H groups in total. The lowest BCUT2D eigenvalue weighted by Gasteiger charge is -2.35. The molecule has 34 heavy (non-hydrogen) atoms. The van der Waals surface area contributed by atoms with Gasteiger partial charge in [-0.1, -0.05) is 35.4 Å². The van der Waals surface area contributed by atoms with Crippen molar-refractivity contribution < 1.29 is 0 Å². The number of allylic oxidation sites excluding steroid dienone is 4. The van der Waals surface area contributed by atoms with Gasteiger partial charge in [-0.2, -0.15) is 0 Å². The molecular weight excluding hydrogens is 414 g/mol. The molecule has 3 heteroatoms. The van der Waals surface area contributed by atoms with Crippen molar-refractivity contribution in [2.45, 2.75) is 92.9 Å². The molecule has 0 aliphatic heterocycles. The van der Waals surface area contributed by atoms with E-state index in [1.807, 2.05) is 0 Å². The van der Waals surface area contributed by atoms with Crippen molar-refractivity contribution in [2.75, 3.05) is 17.7 Å². The largest absolute Gasteiger partial charge is 0.357 e. The summed E-state index contributed by atoms with van der Waals surface area (Å²) in [5, 5.41) is 7.80. The average Bonchev–Trinajstić information content (AvgIpc) is 2.78. The fourth-order valence-corrected chi connectivity index (χ4v) is 6.01. The van der Waals surface area contributed by atoms with Crippen LogP contribution in [0.3, 0.4) is 0 Å². The van der Waals surface area contributed by atoms with Gasteiger partial charge in [-0.05, 0) is 115 Å². The first-order valence-electron chi connectivity index (χ1n) is 13.1. The van der Waals surface area contributed by atoms with Crippen LogP contribution in [0.1, 0.15) is 84.7 Å². The van der Waals surface area contributed by atoms with Crippen molar-refractivity contribution in [1.82, 2.24) is 4.90 Å². The maximum atomic E-state index is 3.90. The molecule has 0 bridgehead atoms. The van der Waals surface area contributed by atoms with Crippen LogP contribution in [-0.2, 0) is 0 Å². The van der Waals surface area contributed by atoms with Gasteiger partial charge < -0.3 is 15.5 Å². The molecule has 182 valence electrons. The van der Waals surface area contributed by atoms with Gasteiger partial charge in [-0.15, -0.1) is 0 Å². The smallest absolute Gasteiger partial charge is 0.0441 e. The zero-order valence-corrected chi connectivity index (χ0v) is 22.4. The number of rotatable bonds is 6. The van der Waals surface area contributed by atoms with Crippen molar-refractivity contribution in [2.24, 2.45) is 0 Å². The van der Waals surface area contributed by atoms with Gasteiger partial charge in [0.05, 0.1) is 0 Å². The Morgan fingerprint density at radius 1 is 0.529 bits per heavy atom. The van der Waals surface area contributed by atoms with Gasteiger partial charge in [0, 0.05) is 41.2 Å². The number of hydrogen-bond acceptors (Lipinski definition) is 3. The van der Waals surface area contributed by atoms with E-state index in [9.17, 15) is 0 Å². The van der Waals surface area contributed by atoms with Crippen LogP contribution in [0, 0.1) is 41.5 Å². The normalized spacial score (nSPS) is 16.7. The van der Waals surface area contributed by atoms with E-state index in [4.69, 9.17) is 0 Å². The van der Waals surface area contributed by atoms with Gasteiger partial charge in [0.1, 0.15) is 0 Å². The van der Waals surface area contributed by atoms with E-state index in [1.54, 1.807) is 0 Å². The van der Waals surface area contributed by atoms with Gasteiger partial charge in [0.15, 0.2) is 0 Å². The highest BCUT2D eigenvalue weighted by Crippen LogP contribution is 2.37. The molecule has 0 unspecified atom stereocenters. The average molecular weight is 458 g/mol. The summed E-state index contributed by atoms with van der Waals surface area (Å²) >= 11 is 0. The summed E-state index contributed by atoms with van der Waals surface area (Å²) in [7, 11) is 2.30. The number of aryl methyl sites for hydroxylation is 6. The Morgan fingerprint density at radius 3 is 1.21 bits per heavy atom. The molecule has 0 saturated carbocycles. The first-order chi connectivity index (χ1) is 16.2. The SMILES string of the molecule is Cc1cc(C)c(NC2=C(N(C)C3=C(Nc4c(C)cc(C)cc4C)CCCC3)CCCC2)c(C)c1. The van der Waals surface area contributed by atoms with Gasteiger partial charge in [-0.25, -0.2) is 0 Å². The van der Waals surface area contributed by atoms with E-state index in [-0.39, 0.29) is 0 Å². The maximum Gasteiger partial charge on any atom is 0.0441 e. The summed E-state index contributed by atoms with van der Waals surface area (Å²) < 4.78 is 0. The van der Waals surface area contributed by atoms with Gasteiger partial charge in [0.2, 0.25) is 0 Å². The quantitative estimate of drug-likeness (QED) is 0.455. The summed E-state index contributed by atoms with van der Waals surface area (Å²) in [5.41, 5.74) is 16.3. The molecule has 4 rings (SSSR count). The number of hydrogen-bond donors (Lipinski definition) is 2. The Balaban J connectivity index is 1.70. The Bertz CT molecular complexity index is 1000. The lowest BCUT2D eigenvalue weighted by molar-refractivity contribution is 0.417. The Labute approximate surface area is 207 Å². The first-order valence-corrected chi connectivity index (χ1v) is 13.1. The summed E-state index contributed by atoms with van der Waals surface area (Å²) in [6.07, 6.45) is 9.58. The molecule has 2 aliphatic rings. The molecule has 0 fully saturated rings. The lowest BCUT2D eigenvalue weighted by atomic mass is 9.95. The summed E-state index contributed by atoms with van der Waals surface area (Å²) in [4.78, 5) is 2.53. The highest BCUT2D eigenvalue weighted by atomic mass is 15.2. The number of nitrogens with zero attached hydrogens (tertiary/aromatic N) is 1. The van der Waals surface area contributed by atoms with Crippen LogP contribution >= 0.6 is 0 Å². The maximum absolute atomic E-state index is 3.90. The number of benzene rings is 2. The van der Waals surface area contributed by atoms with Crippen molar-refractivity contribution in [3.8, 4) is 0 Å². The number of nitrogens with one attached hydrogen (secondary N) is 2. The third-order valence-electron chi connectivity index (χ3n) is 7.59. The monoisotopic (exact) mass is 457 g/mol. The molecular formula is C31H43N3. The van der Waals surface area contributed by atoms with Crippen molar-refractivity contribution in [3.05, 3.63) is 80.4 Å². The van der Waals surface area contributed by atoms with Crippen molar-refractivity contribution in [1.29, 1.82) is 0 Å². The second-order valence-corrected chi connectivity index (χ2v) is 10.6. The molecule has 0 radical (unpaired) electrons. The number of anilines is 2. The molecule has 2 aromatic rings. The molecule has 0 amide bonds. The third-order valence-corrected chi connectivity index (χ3v) is 7.59. The molecule has 0 atom stereocenters. The summed E-state index contributed by atoms with van der Waals surface area (Å²) in [6.45, 7) is 13.3. The molecule has 2 aliphatic carbocycles. The standard InChI is InChI=1S/C31H43N3/c1-20-16-22(3)30(23(4)17-20)32-26-12-8-10-14-28(26)34(7)29-15-11-9-13-27(29)33-31-24(5)18-21(2)19-25(31)6/h16-19,32-33H,8-15H2,1-7H3. The first kappa shape index (κ1) is 24.4. The molecule has 0 aromatic heterocycles.